The first-order valence-electron chi connectivity index (χ1n) is 14.6. The molecular weight excluding hydrogens is 486 g/mol. The number of nitrogens with zero attached hydrogens (tertiary/aromatic N) is 2. The molecule has 1 fully saturated rings. The topological polar surface area (TPSA) is 61.3 Å². The lowest BCUT2D eigenvalue weighted by atomic mass is 9.88. The molecule has 2 aromatic rings. The smallest absolute Gasteiger partial charge is 0.340 e. The van der Waals surface area contributed by atoms with Gasteiger partial charge in [-0.1, -0.05) is 58.8 Å². The number of halogens is 2. The molecule has 1 aliphatic carbocycles. The van der Waals surface area contributed by atoms with Crippen LogP contribution in [0.3, 0.4) is 0 Å². The van der Waals surface area contributed by atoms with Gasteiger partial charge in [-0.2, -0.15) is 0 Å². The van der Waals surface area contributed by atoms with Gasteiger partial charge < -0.3 is 9.47 Å². The molecule has 210 valence electrons. The first-order chi connectivity index (χ1) is 18.5. The SMILES string of the molecule is CCCCCCCCc1cnc(-c2ccc(OC[C@H]3CC[C@H](OC(=O)[C@@H](F)CCCC)CC3)c(F)c2)nc1. The molecular formula is C31H44F2N2O3. The molecule has 0 spiro atoms. The zero-order valence-electron chi connectivity index (χ0n) is 23.1. The molecule has 0 N–H and O–H groups in total. The highest BCUT2D eigenvalue weighted by molar-refractivity contribution is 5.74. The van der Waals surface area contributed by atoms with Gasteiger partial charge in [0.1, 0.15) is 6.10 Å². The van der Waals surface area contributed by atoms with Crippen molar-refractivity contribution in [2.45, 2.75) is 116 Å². The van der Waals surface area contributed by atoms with Crippen LogP contribution in [0, 0.1) is 11.7 Å². The third kappa shape index (κ3) is 9.95. The summed E-state index contributed by atoms with van der Waals surface area (Å²) in [5, 5.41) is 0. The maximum Gasteiger partial charge on any atom is 0.340 e. The second-order valence-corrected chi connectivity index (χ2v) is 10.6. The Balaban J connectivity index is 1.40. The summed E-state index contributed by atoms with van der Waals surface area (Å²) in [6.45, 7) is 4.58. The molecule has 0 amide bonds. The second kappa shape index (κ2) is 16.4. The molecule has 0 saturated heterocycles. The average Bonchev–Trinajstić information content (AvgIpc) is 2.94. The van der Waals surface area contributed by atoms with Crippen molar-refractivity contribution in [3.05, 3.63) is 42.0 Å². The number of unbranched alkanes of at least 4 members (excludes halogenated alkanes) is 6. The number of rotatable bonds is 16. The number of alkyl halides is 1. The molecule has 1 aromatic heterocycles. The fourth-order valence-electron chi connectivity index (χ4n) is 4.86. The van der Waals surface area contributed by atoms with E-state index >= 15 is 0 Å². The summed E-state index contributed by atoms with van der Waals surface area (Å²) < 4.78 is 39.8. The van der Waals surface area contributed by atoms with E-state index in [-0.39, 0.29) is 24.2 Å². The number of aryl methyl sites for hydroxylation is 1. The van der Waals surface area contributed by atoms with Crippen LogP contribution in [0.5, 0.6) is 5.75 Å². The highest BCUT2D eigenvalue weighted by Gasteiger charge is 2.27. The quantitative estimate of drug-likeness (QED) is 0.162. The standard InChI is InChI=1S/C31H44F2N2O3/c1-3-5-7-8-9-10-11-24-20-34-30(35-21-24)25-15-18-29(28(33)19-25)37-22-23-13-16-26(17-14-23)38-31(36)27(32)12-6-4-2/h15,18-21,23,26-27H,3-14,16-17,22H2,1-2H3/t23-,26-,27-/m0/s1. The Morgan fingerprint density at radius 3 is 2.34 bits per heavy atom. The number of esters is 1. The normalized spacial score (nSPS) is 18.2. The molecule has 0 unspecified atom stereocenters. The minimum absolute atomic E-state index is 0.207. The monoisotopic (exact) mass is 530 g/mol. The van der Waals surface area contributed by atoms with E-state index in [1.807, 2.05) is 19.3 Å². The highest BCUT2D eigenvalue weighted by atomic mass is 19.1. The van der Waals surface area contributed by atoms with Crippen LogP contribution in [0.25, 0.3) is 11.4 Å². The van der Waals surface area contributed by atoms with Crippen LogP contribution < -0.4 is 4.74 Å². The Hall–Kier alpha value is -2.57. The molecule has 1 saturated carbocycles. The molecule has 1 heterocycles. The van der Waals surface area contributed by atoms with Crippen LogP contribution in [-0.4, -0.2) is 34.8 Å². The summed E-state index contributed by atoms with van der Waals surface area (Å²) in [4.78, 5) is 20.8. The Labute approximate surface area is 226 Å². The van der Waals surface area contributed by atoms with Crippen LogP contribution in [0.2, 0.25) is 0 Å². The summed E-state index contributed by atoms with van der Waals surface area (Å²) in [7, 11) is 0. The minimum Gasteiger partial charge on any atom is -0.490 e. The summed E-state index contributed by atoms with van der Waals surface area (Å²) in [5.74, 6) is -0.228. The second-order valence-electron chi connectivity index (χ2n) is 10.6. The fraction of sp³-hybridized carbons (Fsp3) is 0.645. The third-order valence-corrected chi connectivity index (χ3v) is 7.33. The van der Waals surface area contributed by atoms with E-state index in [0.717, 1.165) is 37.7 Å². The lowest BCUT2D eigenvalue weighted by Gasteiger charge is -2.28. The van der Waals surface area contributed by atoms with Gasteiger partial charge in [-0.3, -0.25) is 0 Å². The van der Waals surface area contributed by atoms with E-state index < -0.39 is 18.0 Å². The van der Waals surface area contributed by atoms with Gasteiger partial charge in [0, 0.05) is 18.0 Å². The van der Waals surface area contributed by atoms with Gasteiger partial charge in [0.15, 0.2) is 23.6 Å². The number of benzene rings is 1. The van der Waals surface area contributed by atoms with Crippen molar-refractivity contribution in [1.82, 2.24) is 9.97 Å². The molecule has 7 heteroatoms. The molecule has 5 nitrogen and oxygen atoms in total. The van der Waals surface area contributed by atoms with E-state index in [0.29, 0.717) is 37.3 Å². The molecule has 3 rings (SSSR count). The largest absolute Gasteiger partial charge is 0.490 e. The molecule has 0 radical (unpaired) electrons. The van der Waals surface area contributed by atoms with E-state index in [1.165, 1.54) is 38.2 Å². The van der Waals surface area contributed by atoms with Gasteiger partial charge in [0.05, 0.1) is 6.61 Å². The van der Waals surface area contributed by atoms with Crippen LogP contribution in [-0.2, 0) is 16.0 Å². The number of hydrogen-bond acceptors (Lipinski definition) is 5. The van der Waals surface area contributed by atoms with Crippen molar-refractivity contribution in [3.8, 4) is 17.1 Å². The minimum atomic E-state index is -1.53. The van der Waals surface area contributed by atoms with Crippen molar-refractivity contribution >= 4 is 5.97 Å². The number of carbonyl (C=O) groups excluding carboxylic acids is 1. The fourth-order valence-corrected chi connectivity index (χ4v) is 4.86. The number of aromatic nitrogens is 2. The van der Waals surface area contributed by atoms with Gasteiger partial charge in [0.25, 0.3) is 0 Å². The van der Waals surface area contributed by atoms with Crippen LogP contribution in [0.4, 0.5) is 8.78 Å². The number of hydrogen-bond donors (Lipinski definition) is 0. The predicted molar refractivity (Wildman–Crippen MR) is 146 cm³/mol. The van der Waals surface area contributed by atoms with Crippen LogP contribution >= 0.6 is 0 Å². The van der Waals surface area contributed by atoms with E-state index in [1.54, 1.807) is 12.1 Å². The summed E-state index contributed by atoms with van der Waals surface area (Å²) in [6.07, 6.45) is 15.0. The zero-order valence-corrected chi connectivity index (χ0v) is 23.1. The van der Waals surface area contributed by atoms with Gasteiger partial charge >= 0.3 is 5.97 Å². The number of ether oxygens (including phenoxy) is 2. The van der Waals surface area contributed by atoms with E-state index in [9.17, 15) is 13.6 Å². The van der Waals surface area contributed by atoms with Gasteiger partial charge in [-0.25, -0.2) is 23.5 Å². The lowest BCUT2D eigenvalue weighted by molar-refractivity contribution is -0.157. The summed E-state index contributed by atoms with van der Waals surface area (Å²) in [6, 6.07) is 4.83. The maximum absolute atomic E-state index is 14.8. The predicted octanol–water partition coefficient (Wildman–Crippen LogP) is 8.19. The molecule has 1 atom stereocenters. The third-order valence-electron chi connectivity index (χ3n) is 7.33. The van der Waals surface area contributed by atoms with Crippen molar-refractivity contribution in [1.29, 1.82) is 0 Å². The Morgan fingerprint density at radius 2 is 1.66 bits per heavy atom. The first-order valence-corrected chi connectivity index (χ1v) is 14.6. The molecule has 38 heavy (non-hydrogen) atoms. The van der Waals surface area contributed by atoms with E-state index in [2.05, 4.69) is 16.9 Å². The molecule has 0 bridgehead atoms. The maximum atomic E-state index is 14.8. The van der Waals surface area contributed by atoms with Crippen LogP contribution in [0.1, 0.15) is 103 Å². The molecule has 1 aromatic carbocycles. The Morgan fingerprint density at radius 1 is 0.974 bits per heavy atom. The van der Waals surface area contributed by atoms with Gasteiger partial charge in [-0.15, -0.1) is 0 Å². The zero-order chi connectivity index (χ0) is 27.2. The first kappa shape index (κ1) is 30.0. The highest BCUT2D eigenvalue weighted by Crippen LogP contribution is 2.29. The average molecular weight is 531 g/mol. The Kier molecular flexibility index (Phi) is 12.9. The van der Waals surface area contributed by atoms with Gasteiger partial charge in [-0.05, 0) is 74.6 Å². The molecule has 1 aliphatic rings. The summed E-state index contributed by atoms with van der Waals surface area (Å²) in [5.41, 5.74) is 1.73. The summed E-state index contributed by atoms with van der Waals surface area (Å²) >= 11 is 0. The lowest BCUT2D eigenvalue weighted by Crippen LogP contribution is -2.30. The number of carbonyl (C=O) groups is 1. The van der Waals surface area contributed by atoms with Crippen LogP contribution in [0.15, 0.2) is 30.6 Å². The van der Waals surface area contributed by atoms with E-state index in [4.69, 9.17) is 9.47 Å². The van der Waals surface area contributed by atoms with Crippen molar-refractivity contribution in [2.75, 3.05) is 6.61 Å². The van der Waals surface area contributed by atoms with Crippen molar-refractivity contribution in [3.63, 3.8) is 0 Å². The molecule has 0 aliphatic heterocycles. The Bertz CT molecular complexity index is 962. The van der Waals surface area contributed by atoms with Gasteiger partial charge in [0.2, 0.25) is 0 Å². The van der Waals surface area contributed by atoms with Crippen molar-refractivity contribution in [2.24, 2.45) is 5.92 Å². The van der Waals surface area contributed by atoms with Crippen molar-refractivity contribution < 1.29 is 23.0 Å².